The molecule has 2 aromatic rings. The number of aliphatic carboxylic acids is 1. The van der Waals surface area contributed by atoms with Crippen LogP contribution in [0.3, 0.4) is 0 Å². The molecule has 0 amide bonds. The zero-order valence-corrected chi connectivity index (χ0v) is 37.4. The highest BCUT2D eigenvalue weighted by Crippen LogP contribution is 2.68. The van der Waals surface area contributed by atoms with Crippen molar-refractivity contribution in [2.24, 2.45) is 51.5 Å². The number of carbonyl (C=O) groups excluding carboxylic acids is 2. The second-order valence-electron chi connectivity index (χ2n) is 18.5. The summed E-state index contributed by atoms with van der Waals surface area (Å²) in [7, 11) is 0. The Hall–Kier alpha value is -4.62. The van der Waals surface area contributed by atoms with E-state index in [0.717, 1.165) is 32.1 Å². The third kappa shape index (κ3) is 12.0. The van der Waals surface area contributed by atoms with E-state index in [1.165, 1.54) is 37.8 Å². The number of aromatic nitrogens is 2. The topological polar surface area (TPSA) is 270 Å². The molecule has 0 saturated heterocycles. The van der Waals surface area contributed by atoms with Crippen molar-refractivity contribution < 1.29 is 57.5 Å². The summed E-state index contributed by atoms with van der Waals surface area (Å²) in [5, 5.41) is 34.8. The number of nitrogens with one attached hydrogen (secondary N) is 1. The predicted molar refractivity (Wildman–Crippen MR) is 230 cm³/mol. The summed E-state index contributed by atoms with van der Waals surface area (Å²) in [6.45, 7) is 11.0. The summed E-state index contributed by atoms with van der Waals surface area (Å²) in [5.41, 5.74) is 8.36. The Balaban J connectivity index is 0.896. The standard InChI is InChI=1S/C44H65N7O13/c1-28(4-11-39(54)62-25-24-61-23-22-60-21-20-59-19-18-58-17-16-46-50-45)32-7-8-33-31-6-5-29-26-30(12-14-43(29,2)34(31)13-15-44(32,33)3)63-42(55)36(27-38(52)53)47-35-9-10-37(51(56)57)41-40(35)48-64-49-41/h9-10,28-34,36,47H,4-8,11-27H2,1-3H3,(H,52,53)/t28?,29-,30-,31+,32?,33+,34+,36?,43+,44-/m1/s1. The summed E-state index contributed by atoms with van der Waals surface area (Å²) in [6, 6.07) is 1.31. The number of rotatable bonds is 26. The first kappa shape index (κ1) is 48.8. The van der Waals surface area contributed by atoms with E-state index in [1.54, 1.807) is 0 Å². The first-order chi connectivity index (χ1) is 30.9. The summed E-state index contributed by atoms with van der Waals surface area (Å²) < 4.78 is 38.0. The highest BCUT2D eigenvalue weighted by atomic mass is 16.6. The molecular formula is C44H65N7O13. The molecule has 4 saturated carbocycles. The number of ether oxygens (including phenoxy) is 6. The van der Waals surface area contributed by atoms with Gasteiger partial charge in [0, 0.05) is 23.9 Å². The zero-order valence-electron chi connectivity index (χ0n) is 37.4. The van der Waals surface area contributed by atoms with Crippen LogP contribution in [-0.4, -0.2) is 116 Å². The maximum absolute atomic E-state index is 13.6. The minimum atomic E-state index is -1.25. The molecule has 6 rings (SSSR count). The van der Waals surface area contributed by atoms with Crippen LogP contribution in [-0.2, 0) is 42.8 Å². The lowest BCUT2D eigenvalue weighted by Gasteiger charge is -2.61. The van der Waals surface area contributed by atoms with Crippen molar-refractivity contribution >= 4 is 40.3 Å². The fraction of sp³-hybridized carbons (Fsp3) is 0.795. The van der Waals surface area contributed by atoms with E-state index in [4.69, 9.17) is 38.6 Å². The summed E-state index contributed by atoms with van der Waals surface area (Å²) in [5.74, 6) is 1.14. The lowest BCUT2D eigenvalue weighted by Crippen LogP contribution is -2.54. The molecule has 10 atom stereocenters. The molecule has 20 heteroatoms. The average Bonchev–Trinajstić information content (AvgIpc) is 3.90. The molecule has 4 aliphatic rings. The van der Waals surface area contributed by atoms with E-state index >= 15 is 0 Å². The lowest BCUT2D eigenvalue weighted by molar-refractivity contribution is -0.383. The zero-order chi connectivity index (χ0) is 45.7. The summed E-state index contributed by atoms with van der Waals surface area (Å²) in [6.07, 6.45) is 9.61. The third-order valence-corrected chi connectivity index (χ3v) is 15.1. The molecule has 0 spiro atoms. The Morgan fingerprint density at radius 3 is 2.27 bits per heavy atom. The number of carboxylic acid groups (broad SMARTS) is 1. The van der Waals surface area contributed by atoms with E-state index < -0.39 is 29.3 Å². The van der Waals surface area contributed by atoms with Gasteiger partial charge in [-0.2, -0.15) is 0 Å². The van der Waals surface area contributed by atoms with Crippen molar-refractivity contribution in [3.05, 3.63) is 32.7 Å². The fourth-order valence-corrected chi connectivity index (χ4v) is 12.0. The van der Waals surface area contributed by atoms with Gasteiger partial charge in [-0.1, -0.05) is 25.9 Å². The number of hydrogen-bond acceptors (Lipinski definition) is 16. The van der Waals surface area contributed by atoms with E-state index in [0.29, 0.717) is 108 Å². The van der Waals surface area contributed by atoms with Crippen LogP contribution in [0.1, 0.15) is 97.8 Å². The molecule has 2 N–H and O–H groups in total. The van der Waals surface area contributed by atoms with Gasteiger partial charge in [0.2, 0.25) is 5.52 Å². The lowest BCUT2D eigenvalue weighted by atomic mass is 9.44. The van der Waals surface area contributed by atoms with Crippen molar-refractivity contribution in [1.29, 1.82) is 0 Å². The van der Waals surface area contributed by atoms with Crippen LogP contribution < -0.4 is 5.32 Å². The van der Waals surface area contributed by atoms with Crippen molar-refractivity contribution in [2.75, 3.05) is 71.3 Å². The van der Waals surface area contributed by atoms with E-state index in [-0.39, 0.29) is 51.9 Å². The highest BCUT2D eigenvalue weighted by molar-refractivity contribution is 5.95. The van der Waals surface area contributed by atoms with Crippen LogP contribution in [0.4, 0.5) is 11.4 Å². The van der Waals surface area contributed by atoms with Crippen LogP contribution >= 0.6 is 0 Å². The molecule has 20 nitrogen and oxygen atoms in total. The number of carboxylic acids is 1. The van der Waals surface area contributed by atoms with Crippen LogP contribution in [0, 0.1) is 56.5 Å². The molecule has 1 heterocycles. The summed E-state index contributed by atoms with van der Waals surface area (Å²) >= 11 is 0. The van der Waals surface area contributed by atoms with Gasteiger partial charge in [-0.05, 0) is 132 Å². The second-order valence-corrected chi connectivity index (χ2v) is 18.5. The normalized spacial score (nSPS) is 28.2. The van der Waals surface area contributed by atoms with Gasteiger partial charge in [0.15, 0.2) is 5.52 Å². The molecule has 354 valence electrons. The molecule has 64 heavy (non-hydrogen) atoms. The molecule has 0 radical (unpaired) electrons. The maximum atomic E-state index is 13.6. The number of esters is 2. The van der Waals surface area contributed by atoms with Gasteiger partial charge in [0.25, 0.3) is 0 Å². The van der Waals surface area contributed by atoms with Gasteiger partial charge in [-0.25, -0.2) is 9.42 Å². The number of carbonyl (C=O) groups is 3. The van der Waals surface area contributed by atoms with E-state index in [9.17, 15) is 29.6 Å². The predicted octanol–water partition coefficient (Wildman–Crippen LogP) is 7.29. The third-order valence-electron chi connectivity index (χ3n) is 15.1. The first-order valence-corrected chi connectivity index (χ1v) is 22.9. The van der Waals surface area contributed by atoms with Gasteiger partial charge in [0.1, 0.15) is 18.8 Å². The van der Waals surface area contributed by atoms with Gasteiger partial charge >= 0.3 is 23.6 Å². The van der Waals surface area contributed by atoms with E-state index in [1.807, 2.05) is 0 Å². The van der Waals surface area contributed by atoms with Crippen molar-refractivity contribution in [3.8, 4) is 0 Å². The molecular weight excluding hydrogens is 835 g/mol. The number of benzene rings is 1. The number of nitro groups is 1. The Bertz CT molecular complexity index is 1950. The van der Waals surface area contributed by atoms with Gasteiger partial charge in [-0.15, -0.1) is 0 Å². The number of azide groups is 1. The number of non-ortho nitro benzene ring substituents is 1. The first-order valence-electron chi connectivity index (χ1n) is 22.9. The van der Waals surface area contributed by atoms with E-state index in [2.05, 4.69) is 46.4 Å². The molecule has 4 aliphatic carbocycles. The van der Waals surface area contributed by atoms with Gasteiger partial charge in [0.05, 0.1) is 69.9 Å². The van der Waals surface area contributed by atoms with Crippen LogP contribution in [0.5, 0.6) is 0 Å². The molecule has 4 fully saturated rings. The van der Waals surface area contributed by atoms with Crippen LogP contribution in [0.25, 0.3) is 21.5 Å². The second kappa shape index (κ2) is 23.0. The average molecular weight is 900 g/mol. The fourth-order valence-electron chi connectivity index (χ4n) is 12.0. The molecule has 0 bridgehead atoms. The van der Waals surface area contributed by atoms with Crippen LogP contribution in [0.15, 0.2) is 21.9 Å². The number of nitro benzene ring substituents is 1. The Labute approximate surface area is 372 Å². The number of anilines is 1. The number of fused-ring (bicyclic) bond motifs is 6. The Kier molecular flexibility index (Phi) is 17.6. The Morgan fingerprint density at radius 2 is 1.58 bits per heavy atom. The largest absolute Gasteiger partial charge is 0.481 e. The monoisotopic (exact) mass is 899 g/mol. The highest BCUT2D eigenvalue weighted by Gasteiger charge is 2.61. The van der Waals surface area contributed by atoms with Crippen molar-refractivity contribution in [3.63, 3.8) is 0 Å². The van der Waals surface area contributed by atoms with Crippen molar-refractivity contribution in [1.82, 2.24) is 10.3 Å². The molecule has 1 aromatic heterocycles. The molecule has 1 aromatic carbocycles. The SMILES string of the molecule is CC(CCC(=O)OCCOCCOCCOCCOCCN=[N+]=[N-])C1CC[C@H]2[C@@H]3CC[C@@H]4C[C@H](OC(=O)C(CC(=O)O)Nc5ccc([N+](=O)[O-])c6nonc56)CC[C@]4(C)[C@H]3CC[C@]12C. The summed E-state index contributed by atoms with van der Waals surface area (Å²) in [4.78, 5) is 51.6. The number of hydrogen-bond donors (Lipinski definition) is 2. The molecule has 3 unspecified atom stereocenters. The maximum Gasteiger partial charge on any atom is 0.329 e. The quantitative estimate of drug-likeness (QED) is 0.0178. The number of nitrogens with zero attached hydrogens (tertiary/aromatic N) is 6. The minimum Gasteiger partial charge on any atom is -0.481 e. The van der Waals surface area contributed by atoms with Crippen molar-refractivity contribution in [2.45, 2.75) is 110 Å². The van der Waals surface area contributed by atoms with Gasteiger partial charge < -0.3 is 38.8 Å². The minimum absolute atomic E-state index is 0.0205. The van der Waals surface area contributed by atoms with Crippen LogP contribution in [0.2, 0.25) is 0 Å². The molecule has 0 aliphatic heterocycles. The Morgan fingerprint density at radius 1 is 0.922 bits per heavy atom. The smallest absolute Gasteiger partial charge is 0.329 e. The van der Waals surface area contributed by atoms with Gasteiger partial charge in [-0.3, -0.25) is 19.7 Å².